The molecule has 0 radical (unpaired) electrons. The lowest BCUT2D eigenvalue weighted by Gasteiger charge is -2.23. The second-order valence-electron chi connectivity index (χ2n) is 5.79. The third-order valence-electron chi connectivity index (χ3n) is 4.09. The molecule has 0 aromatic rings. The van der Waals surface area contributed by atoms with Gasteiger partial charge in [0.05, 0.1) is 12.5 Å². The summed E-state index contributed by atoms with van der Waals surface area (Å²) in [6.07, 6.45) is 4.05. The van der Waals surface area contributed by atoms with E-state index in [9.17, 15) is 9.59 Å². The van der Waals surface area contributed by atoms with E-state index >= 15 is 0 Å². The van der Waals surface area contributed by atoms with E-state index in [-0.39, 0.29) is 36.4 Å². The number of fused-ring (bicyclic) bond motifs is 1. The maximum atomic E-state index is 12.2. The van der Waals surface area contributed by atoms with Crippen molar-refractivity contribution in [3.63, 3.8) is 0 Å². The molecular formula is C14H25N3O2. The van der Waals surface area contributed by atoms with Gasteiger partial charge < -0.3 is 15.5 Å². The fraction of sp³-hybridized carbons (Fsp3) is 0.857. The first-order chi connectivity index (χ1) is 9.11. The third kappa shape index (κ3) is 3.47. The Morgan fingerprint density at radius 2 is 2.37 bits per heavy atom. The average molecular weight is 267 g/mol. The Morgan fingerprint density at radius 1 is 1.58 bits per heavy atom. The Bertz CT molecular complexity index is 346. The van der Waals surface area contributed by atoms with Gasteiger partial charge in [-0.1, -0.05) is 13.3 Å². The summed E-state index contributed by atoms with van der Waals surface area (Å²) in [7, 11) is 0. The lowest BCUT2D eigenvalue weighted by Crippen LogP contribution is -2.42. The summed E-state index contributed by atoms with van der Waals surface area (Å²) < 4.78 is 0. The molecule has 3 unspecified atom stereocenters. The molecule has 2 fully saturated rings. The summed E-state index contributed by atoms with van der Waals surface area (Å²) in [5, 5.41) is 6.34. The molecule has 0 aromatic carbocycles. The second kappa shape index (κ2) is 6.37. The minimum Gasteiger partial charge on any atom is -0.352 e. The molecule has 0 aromatic heterocycles. The molecule has 2 aliphatic heterocycles. The molecule has 5 heteroatoms. The van der Waals surface area contributed by atoms with Crippen LogP contribution in [-0.4, -0.2) is 48.4 Å². The lowest BCUT2D eigenvalue weighted by atomic mass is 9.94. The smallest absolute Gasteiger partial charge is 0.239 e. The van der Waals surface area contributed by atoms with Crippen molar-refractivity contribution in [3.8, 4) is 0 Å². The summed E-state index contributed by atoms with van der Waals surface area (Å²) in [5.41, 5.74) is 0. The van der Waals surface area contributed by atoms with Crippen molar-refractivity contribution in [2.24, 2.45) is 5.92 Å². The van der Waals surface area contributed by atoms with E-state index in [2.05, 4.69) is 17.6 Å². The van der Waals surface area contributed by atoms with Crippen molar-refractivity contribution < 1.29 is 9.59 Å². The van der Waals surface area contributed by atoms with Crippen molar-refractivity contribution in [3.05, 3.63) is 0 Å². The zero-order chi connectivity index (χ0) is 13.8. The average Bonchev–Trinajstić information content (AvgIpc) is 2.67. The zero-order valence-electron chi connectivity index (χ0n) is 11.9. The highest BCUT2D eigenvalue weighted by molar-refractivity contribution is 5.88. The molecule has 2 rings (SSSR count). The molecule has 0 bridgehead atoms. The van der Waals surface area contributed by atoms with Crippen molar-refractivity contribution in [1.82, 2.24) is 15.5 Å². The predicted molar refractivity (Wildman–Crippen MR) is 73.6 cm³/mol. The van der Waals surface area contributed by atoms with Crippen molar-refractivity contribution in [1.29, 1.82) is 0 Å². The standard InChI is InChI=1S/C14H25N3O2/c1-3-5-10(2)16-13(18)9-17-8-12-11(14(17)19)6-4-7-15-12/h10-12,15H,3-9H2,1-2H3,(H,16,18). The Kier molecular flexibility index (Phi) is 4.80. The highest BCUT2D eigenvalue weighted by Crippen LogP contribution is 2.25. The Hall–Kier alpha value is -1.10. The van der Waals surface area contributed by atoms with Gasteiger partial charge in [0.1, 0.15) is 0 Å². The molecule has 3 atom stereocenters. The topological polar surface area (TPSA) is 61.4 Å². The van der Waals surface area contributed by atoms with Crippen LogP contribution in [0.4, 0.5) is 0 Å². The van der Waals surface area contributed by atoms with Crippen LogP contribution < -0.4 is 10.6 Å². The van der Waals surface area contributed by atoms with Crippen LogP contribution in [0.25, 0.3) is 0 Å². The fourth-order valence-corrected chi connectivity index (χ4v) is 3.14. The first kappa shape index (κ1) is 14.3. The van der Waals surface area contributed by atoms with Crippen LogP contribution in [0.5, 0.6) is 0 Å². The van der Waals surface area contributed by atoms with Gasteiger partial charge >= 0.3 is 0 Å². The molecule has 108 valence electrons. The van der Waals surface area contributed by atoms with E-state index in [1.54, 1.807) is 4.90 Å². The molecule has 0 saturated carbocycles. The van der Waals surface area contributed by atoms with E-state index in [1.165, 1.54) is 0 Å². The minimum atomic E-state index is -0.0343. The van der Waals surface area contributed by atoms with Gasteiger partial charge in [0.25, 0.3) is 0 Å². The van der Waals surface area contributed by atoms with Gasteiger partial charge in [0.15, 0.2) is 0 Å². The molecule has 0 spiro atoms. The van der Waals surface area contributed by atoms with Crippen molar-refractivity contribution in [2.75, 3.05) is 19.6 Å². The Morgan fingerprint density at radius 3 is 3.05 bits per heavy atom. The molecule has 2 amide bonds. The number of rotatable bonds is 5. The van der Waals surface area contributed by atoms with Crippen LogP contribution in [0, 0.1) is 5.92 Å². The van der Waals surface area contributed by atoms with E-state index in [0.29, 0.717) is 6.54 Å². The number of nitrogens with one attached hydrogen (secondary N) is 2. The summed E-state index contributed by atoms with van der Waals surface area (Å²) in [6.45, 7) is 5.99. The summed E-state index contributed by atoms with van der Waals surface area (Å²) in [5.74, 6) is 0.207. The van der Waals surface area contributed by atoms with Crippen molar-refractivity contribution >= 4 is 11.8 Å². The van der Waals surface area contributed by atoms with Gasteiger partial charge in [0, 0.05) is 18.6 Å². The number of likely N-dealkylation sites (tertiary alicyclic amines) is 1. The third-order valence-corrected chi connectivity index (χ3v) is 4.09. The molecule has 2 heterocycles. The van der Waals surface area contributed by atoms with Crippen LogP contribution in [0.2, 0.25) is 0 Å². The highest BCUT2D eigenvalue weighted by Gasteiger charge is 2.41. The number of piperidine rings is 1. The normalized spacial score (nSPS) is 28.1. The zero-order valence-corrected chi connectivity index (χ0v) is 11.9. The number of hydrogen-bond donors (Lipinski definition) is 2. The van der Waals surface area contributed by atoms with Crippen molar-refractivity contribution in [2.45, 2.75) is 51.6 Å². The van der Waals surface area contributed by atoms with Gasteiger partial charge in [-0.3, -0.25) is 9.59 Å². The van der Waals surface area contributed by atoms with Gasteiger partial charge in [-0.25, -0.2) is 0 Å². The highest BCUT2D eigenvalue weighted by atomic mass is 16.2. The predicted octanol–water partition coefficient (Wildman–Crippen LogP) is 0.502. The molecule has 2 aliphatic rings. The van der Waals surface area contributed by atoms with E-state index in [0.717, 1.165) is 32.2 Å². The largest absolute Gasteiger partial charge is 0.352 e. The van der Waals surface area contributed by atoms with E-state index in [1.807, 2.05) is 6.92 Å². The molecule has 0 aliphatic carbocycles. The minimum absolute atomic E-state index is 0.0343. The summed E-state index contributed by atoms with van der Waals surface area (Å²) in [4.78, 5) is 25.8. The van der Waals surface area contributed by atoms with Gasteiger partial charge in [-0.2, -0.15) is 0 Å². The molecule has 2 N–H and O–H groups in total. The SMILES string of the molecule is CCCC(C)NC(=O)CN1CC2NCCCC2C1=O. The number of carbonyl (C=O) groups is 2. The number of nitrogens with zero attached hydrogens (tertiary/aromatic N) is 1. The van der Waals surface area contributed by atoms with Crippen LogP contribution in [0.1, 0.15) is 39.5 Å². The van der Waals surface area contributed by atoms with Crippen LogP contribution >= 0.6 is 0 Å². The second-order valence-corrected chi connectivity index (χ2v) is 5.79. The maximum absolute atomic E-state index is 12.2. The van der Waals surface area contributed by atoms with Crippen LogP contribution in [0.3, 0.4) is 0 Å². The number of hydrogen-bond acceptors (Lipinski definition) is 3. The van der Waals surface area contributed by atoms with E-state index in [4.69, 9.17) is 0 Å². The molecular weight excluding hydrogens is 242 g/mol. The van der Waals surface area contributed by atoms with Gasteiger partial charge in [-0.05, 0) is 32.7 Å². The van der Waals surface area contributed by atoms with Crippen LogP contribution in [-0.2, 0) is 9.59 Å². The van der Waals surface area contributed by atoms with Gasteiger partial charge in [0.2, 0.25) is 11.8 Å². The summed E-state index contributed by atoms with van der Waals surface area (Å²) in [6, 6.07) is 0.442. The monoisotopic (exact) mass is 267 g/mol. The number of amides is 2. The molecule has 2 saturated heterocycles. The number of carbonyl (C=O) groups excluding carboxylic acids is 2. The fourth-order valence-electron chi connectivity index (χ4n) is 3.14. The first-order valence-corrected chi connectivity index (χ1v) is 7.43. The maximum Gasteiger partial charge on any atom is 0.239 e. The first-order valence-electron chi connectivity index (χ1n) is 7.43. The van der Waals surface area contributed by atoms with Crippen LogP contribution in [0.15, 0.2) is 0 Å². The van der Waals surface area contributed by atoms with E-state index < -0.39 is 0 Å². The Labute approximate surface area is 115 Å². The lowest BCUT2D eigenvalue weighted by molar-refractivity contribution is -0.135. The Balaban J connectivity index is 1.82. The summed E-state index contributed by atoms with van der Waals surface area (Å²) >= 11 is 0. The molecule has 5 nitrogen and oxygen atoms in total. The molecule has 19 heavy (non-hydrogen) atoms. The quantitative estimate of drug-likeness (QED) is 0.762. The van der Waals surface area contributed by atoms with Gasteiger partial charge in [-0.15, -0.1) is 0 Å².